The van der Waals surface area contributed by atoms with Gasteiger partial charge in [0, 0.05) is 17.8 Å². The van der Waals surface area contributed by atoms with Crippen LogP contribution >= 0.6 is 0 Å². The van der Waals surface area contributed by atoms with E-state index in [-0.39, 0.29) is 11.7 Å². The van der Waals surface area contributed by atoms with Crippen LogP contribution in [0.2, 0.25) is 0 Å². The SMILES string of the molecule is O=C(Nc1ccc(C(F)(F)F)cc1)N1CCCC1c1nc(-c2ccccc2)no1. The van der Waals surface area contributed by atoms with Gasteiger partial charge in [0.1, 0.15) is 6.04 Å². The van der Waals surface area contributed by atoms with Gasteiger partial charge in [0.2, 0.25) is 11.7 Å². The van der Waals surface area contributed by atoms with Crippen LogP contribution in [0.4, 0.5) is 23.7 Å². The number of nitrogens with zero attached hydrogens (tertiary/aromatic N) is 3. The fraction of sp³-hybridized carbons (Fsp3) is 0.250. The summed E-state index contributed by atoms with van der Waals surface area (Å²) < 4.78 is 43.4. The van der Waals surface area contributed by atoms with Gasteiger partial charge in [-0.3, -0.25) is 0 Å². The number of urea groups is 1. The van der Waals surface area contributed by atoms with Gasteiger partial charge in [0.25, 0.3) is 0 Å². The summed E-state index contributed by atoms with van der Waals surface area (Å²) in [5, 5.41) is 6.62. The highest BCUT2D eigenvalue weighted by Crippen LogP contribution is 2.33. The normalized spacial score (nSPS) is 16.8. The number of amides is 2. The third kappa shape index (κ3) is 4.08. The van der Waals surface area contributed by atoms with E-state index in [0.29, 0.717) is 24.7 Å². The monoisotopic (exact) mass is 402 g/mol. The molecule has 2 heterocycles. The highest BCUT2D eigenvalue weighted by atomic mass is 19.4. The summed E-state index contributed by atoms with van der Waals surface area (Å²) >= 11 is 0. The molecule has 1 fully saturated rings. The second-order valence-electron chi connectivity index (χ2n) is 6.68. The molecule has 0 saturated carbocycles. The first kappa shape index (κ1) is 19.0. The second kappa shape index (κ2) is 7.57. The van der Waals surface area contributed by atoms with E-state index in [1.807, 2.05) is 30.3 Å². The predicted molar refractivity (Wildman–Crippen MR) is 98.9 cm³/mol. The van der Waals surface area contributed by atoms with Gasteiger partial charge in [0.15, 0.2) is 0 Å². The van der Waals surface area contributed by atoms with Crippen molar-refractivity contribution in [1.82, 2.24) is 15.0 Å². The van der Waals surface area contributed by atoms with E-state index < -0.39 is 17.8 Å². The number of likely N-dealkylation sites (tertiary alicyclic amines) is 1. The average molecular weight is 402 g/mol. The van der Waals surface area contributed by atoms with Gasteiger partial charge in [-0.2, -0.15) is 18.2 Å². The Morgan fingerprint density at radius 3 is 2.52 bits per heavy atom. The standard InChI is InChI=1S/C20H17F3N4O2/c21-20(22,23)14-8-10-15(11-9-14)24-19(28)27-12-4-7-16(27)18-25-17(26-29-18)13-5-2-1-3-6-13/h1-3,5-6,8-11,16H,4,7,12H2,(H,24,28). The largest absolute Gasteiger partial charge is 0.416 e. The van der Waals surface area contributed by atoms with Crippen molar-refractivity contribution in [3.8, 4) is 11.4 Å². The lowest BCUT2D eigenvalue weighted by Crippen LogP contribution is -2.34. The summed E-state index contributed by atoms with van der Waals surface area (Å²) in [7, 11) is 0. The number of hydrogen-bond donors (Lipinski definition) is 1. The van der Waals surface area contributed by atoms with Gasteiger partial charge in [-0.25, -0.2) is 4.79 Å². The topological polar surface area (TPSA) is 71.3 Å². The number of halogens is 3. The molecule has 2 amide bonds. The van der Waals surface area contributed by atoms with Crippen LogP contribution in [0.15, 0.2) is 59.1 Å². The van der Waals surface area contributed by atoms with Gasteiger partial charge in [0.05, 0.1) is 5.56 Å². The lowest BCUT2D eigenvalue weighted by atomic mass is 10.2. The van der Waals surface area contributed by atoms with Crippen molar-refractivity contribution in [3.05, 3.63) is 66.1 Å². The van der Waals surface area contributed by atoms with Crippen molar-refractivity contribution in [1.29, 1.82) is 0 Å². The van der Waals surface area contributed by atoms with Crippen LogP contribution < -0.4 is 5.32 Å². The number of carbonyl (C=O) groups is 1. The molecule has 0 radical (unpaired) electrons. The molecular weight excluding hydrogens is 385 g/mol. The van der Waals surface area contributed by atoms with Gasteiger partial charge in [-0.05, 0) is 37.1 Å². The number of anilines is 1. The Labute approximate surface area is 164 Å². The third-order valence-electron chi connectivity index (χ3n) is 4.74. The first-order valence-electron chi connectivity index (χ1n) is 9.06. The Bertz CT molecular complexity index is 987. The zero-order valence-electron chi connectivity index (χ0n) is 15.2. The van der Waals surface area contributed by atoms with Gasteiger partial charge >= 0.3 is 12.2 Å². The zero-order chi connectivity index (χ0) is 20.4. The van der Waals surface area contributed by atoms with E-state index in [1.54, 1.807) is 4.90 Å². The third-order valence-corrected chi connectivity index (χ3v) is 4.74. The maximum absolute atomic E-state index is 12.7. The van der Waals surface area contributed by atoms with Crippen LogP contribution in [0.3, 0.4) is 0 Å². The summed E-state index contributed by atoms with van der Waals surface area (Å²) in [4.78, 5) is 18.6. The summed E-state index contributed by atoms with van der Waals surface area (Å²) in [6, 6.07) is 12.8. The van der Waals surface area contributed by atoms with Gasteiger partial charge in [-0.15, -0.1) is 0 Å². The second-order valence-corrected chi connectivity index (χ2v) is 6.68. The smallest absolute Gasteiger partial charge is 0.337 e. The van der Waals surface area contributed by atoms with Crippen molar-refractivity contribution in [2.75, 3.05) is 11.9 Å². The Morgan fingerprint density at radius 1 is 1.10 bits per heavy atom. The molecule has 1 unspecified atom stereocenters. The minimum Gasteiger partial charge on any atom is -0.337 e. The molecule has 4 rings (SSSR count). The Balaban J connectivity index is 1.47. The minimum atomic E-state index is -4.42. The molecule has 3 aromatic rings. The first-order valence-corrected chi connectivity index (χ1v) is 9.06. The molecule has 29 heavy (non-hydrogen) atoms. The number of nitrogens with one attached hydrogen (secondary N) is 1. The molecule has 0 aliphatic carbocycles. The van der Waals surface area contributed by atoms with E-state index >= 15 is 0 Å². The molecular formula is C20H17F3N4O2. The zero-order valence-corrected chi connectivity index (χ0v) is 15.2. The van der Waals surface area contributed by atoms with E-state index in [4.69, 9.17) is 4.52 Å². The number of rotatable bonds is 3. The fourth-order valence-corrected chi connectivity index (χ4v) is 3.28. The molecule has 2 aromatic carbocycles. The maximum Gasteiger partial charge on any atom is 0.416 e. The predicted octanol–water partition coefficient (Wildman–Crippen LogP) is 5.12. The van der Waals surface area contributed by atoms with E-state index in [0.717, 1.165) is 24.1 Å². The molecule has 1 aromatic heterocycles. The number of alkyl halides is 3. The van der Waals surface area contributed by atoms with Crippen LogP contribution in [0.25, 0.3) is 11.4 Å². The van der Waals surface area contributed by atoms with Crippen LogP contribution in [-0.2, 0) is 6.18 Å². The molecule has 1 aliphatic rings. The van der Waals surface area contributed by atoms with E-state index in [2.05, 4.69) is 15.5 Å². The van der Waals surface area contributed by atoms with E-state index in [1.165, 1.54) is 12.1 Å². The number of benzene rings is 2. The van der Waals surface area contributed by atoms with Crippen LogP contribution in [0, 0.1) is 0 Å². The average Bonchev–Trinajstić information content (AvgIpc) is 3.38. The van der Waals surface area contributed by atoms with Crippen molar-refractivity contribution in [2.45, 2.75) is 25.1 Å². The summed E-state index contributed by atoms with van der Waals surface area (Å²) in [5.41, 5.74) is 0.319. The van der Waals surface area contributed by atoms with Crippen molar-refractivity contribution >= 4 is 11.7 Å². The lowest BCUT2D eigenvalue weighted by Gasteiger charge is -2.22. The van der Waals surface area contributed by atoms with Crippen LogP contribution in [0.1, 0.15) is 30.3 Å². The molecule has 0 bridgehead atoms. The quantitative estimate of drug-likeness (QED) is 0.660. The van der Waals surface area contributed by atoms with Crippen molar-refractivity contribution < 1.29 is 22.5 Å². The molecule has 6 nitrogen and oxygen atoms in total. The number of carbonyl (C=O) groups excluding carboxylic acids is 1. The Hall–Kier alpha value is -3.36. The lowest BCUT2D eigenvalue weighted by molar-refractivity contribution is -0.137. The van der Waals surface area contributed by atoms with Crippen molar-refractivity contribution in [2.24, 2.45) is 0 Å². The molecule has 1 N–H and O–H groups in total. The molecule has 1 aliphatic heterocycles. The fourth-order valence-electron chi connectivity index (χ4n) is 3.28. The first-order chi connectivity index (χ1) is 13.9. The highest BCUT2D eigenvalue weighted by molar-refractivity contribution is 5.89. The van der Waals surface area contributed by atoms with Crippen LogP contribution in [0.5, 0.6) is 0 Å². The molecule has 9 heteroatoms. The summed E-state index contributed by atoms with van der Waals surface area (Å²) in [6.07, 6.45) is -3.00. The highest BCUT2D eigenvalue weighted by Gasteiger charge is 2.34. The minimum absolute atomic E-state index is 0.282. The van der Waals surface area contributed by atoms with Crippen LogP contribution in [-0.4, -0.2) is 27.6 Å². The maximum atomic E-state index is 12.7. The molecule has 150 valence electrons. The number of aromatic nitrogens is 2. The van der Waals surface area contributed by atoms with Gasteiger partial charge < -0.3 is 14.7 Å². The summed E-state index contributed by atoms with van der Waals surface area (Å²) in [6.45, 7) is 0.486. The van der Waals surface area contributed by atoms with Crippen molar-refractivity contribution in [3.63, 3.8) is 0 Å². The summed E-state index contributed by atoms with van der Waals surface area (Å²) in [5.74, 6) is 0.777. The molecule has 1 saturated heterocycles. The Kier molecular flexibility index (Phi) is 4.96. The van der Waals surface area contributed by atoms with E-state index in [9.17, 15) is 18.0 Å². The molecule has 0 spiro atoms. The van der Waals surface area contributed by atoms with Gasteiger partial charge in [-0.1, -0.05) is 35.5 Å². The number of hydrogen-bond acceptors (Lipinski definition) is 4. The molecule has 1 atom stereocenters. The Morgan fingerprint density at radius 2 is 1.83 bits per heavy atom.